The summed E-state index contributed by atoms with van der Waals surface area (Å²) < 4.78 is 56.5. The molecule has 2 aromatic carbocycles. The summed E-state index contributed by atoms with van der Waals surface area (Å²) in [6.07, 6.45) is 6.31. The summed E-state index contributed by atoms with van der Waals surface area (Å²) in [7, 11) is 0. The van der Waals surface area contributed by atoms with Crippen molar-refractivity contribution in [1.29, 1.82) is 0 Å². The Bertz CT molecular complexity index is 743. The van der Waals surface area contributed by atoms with Crippen molar-refractivity contribution < 1.29 is 17.6 Å². The molecule has 3 rings (SSSR count). The highest BCUT2D eigenvalue weighted by atomic mass is 19.1. The second-order valence-corrected chi connectivity index (χ2v) is 7.66. The number of hydrogen-bond donors (Lipinski definition) is 0. The third kappa shape index (κ3) is 4.11. The van der Waals surface area contributed by atoms with E-state index in [4.69, 9.17) is 0 Å². The van der Waals surface area contributed by atoms with Crippen LogP contribution >= 0.6 is 0 Å². The minimum Gasteiger partial charge on any atom is -0.207 e. The summed E-state index contributed by atoms with van der Waals surface area (Å²) in [6.45, 7) is 3.55. The minimum absolute atomic E-state index is 0.117. The van der Waals surface area contributed by atoms with Gasteiger partial charge in [0.05, 0.1) is 5.56 Å². The van der Waals surface area contributed by atoms with E-state index in [-0.39, 0.29) is 16.7 Å². The lowest BCUT2D eigenvalue weighted by molar-refractivity contribution is 0.277. The molecule has 0 radical (unpaired) electrons. The molecule has 2 aromatic rings. The van der Waals surface area contributed by atoms with Crippen molar-refractivity contribution in [3.8, 4) is 11.1 Å². The quantitative estimate of drug-likeness (QED) is 0.514. The van der Waals surface area contributed by atoms with Crippen LogP contribution in [0.25, 0.3) is 11.1 Å². The Morgan fingerprint density at radius 1 is 0.808 bits per heavy atom. The Balaban J connectivity index is 1.78. The Morgan fingerprint density at radius 2 is 1.35 bits per heavy atom. The fourth-order valence-corrected chi connectivity index (χ4v) is 3.82. The van der Waals surface area contributed by atoms with Gasteiger partial charge in [0.2, 0.25) is 0 Å². The highest BCUT2D eigenvalue weighted by Gasteiger charge is 2.20. The topological polar surface area (TPSA) is 0 Å². The number of aryl methyl sites for hydroxylation is 1. The first-order valence-electron chi connectivity index (χ1n) is 9.29. The summed E-state index contributed by atoms with van der Waals surface area (Å²) in [5.74, 6) is -1.79. The zero-order valence-corrected chi connectivity index (χ0v) is 15.2. The van der Waals surface area contributed by atoms with Gasteiger partial charge < -0.3 is 0 Å². The maximum Gasteiger partial charge on any atom is 0.134 e. The molecule has 1 aliphatic rings. The van der Waals surface area contributed by atoms with Gasteiger partial charge in [-0.1, -0.05) is 32.6 Å². The van der Waals surface area contributed by atoms with Gasteiger partial charge in [0.1, 0.15) is 23.3 Å². The molecule has 1 fully saturated rings. The summed E-state index contributed by atoms with van der Waals surface area (Å²) in [5, 5.41) is 0. The summed E-state index contributed by atoms with van der Waals surface area (Å²) in [6, 6.07) is 4.53. The molecule has 0 saturated heterocycles. The maximum absolute atomic E-state index is 14.5. The van der Waals surface area contributed by atoms with E-state index >= 15 is 0 Å². The molecular formula is C22H24F4. The molecule has 4 heteroatoms. The van der Waals surface area contributed by atoms with Crippen molar-refractivity contribution in [3.63, 3.8) is 0 Å². The average molecular weight is 364 g/mol. The van der Waals surface area contributed by atoms with Crippen molar-refractivity contribution in [2.45, 2.75) is 52.4 Å². The third-order valence-corrected chi connectivity index (χ3v) is 5.65. The second-order valence-electron chi connectivity index (χ2n) is 7.66. The molecule has 0 aromatic heterocycles. The molecule has 0 heterocycles. The zero-order chi connectivity index (χ0) is 18.8. The highest BCUT2D eigenvalue weighted by Crippen LogP contribution is 2.33. The molecule has 1 saturated carbocycles. The van der Waals surface area contributed by atoms with Crippen molar-refractivity contribution >= 4 is 0 Å². The van der Waals surface area contributed by atoms with Crippen LogP contribution in [0.1, 0.15) is 50.2 Å². The molecule has 0 N–H and O–H groups in total. The fraction of sp³-hybridized carbons (Fsp3) is 0.455. The Morgan fingerprint density at radius 3 is 1.88 bits per heavy atom. The van der Waals surface area contributed by atoms with Gasteiger partial charge in [-0.15, -0.1) is 0 Å². The van der Waals surface area contributed by atoms with Gasteiger partial charge in [-0.25, -0.2) is 17.6 Å². The minimum atomic E-state index is -0.811. The van der Waals surface area contributed by atoms with Crippen LogP contribution in [-0.2, 0) is 6.42 Å². The van der Waals surface area contributed by atoms with E-state index in [9.17, 15) is 17.6 Å². The molecule has 0 nitrogen and oxygen atoms in total. The smallest absolute Gasteiger partial charge is 0.134 e. The van der Waals surface area contributed by atoms with Crippen LogP contribution in [0.15, 0.2) is 24.3 Å². The monoisotopic (exact) mass is 364 g/mol. The Hall–Kier alpha value is -1.84. The van der Waals surface area contributed by atoms with Gasteiger partial charge in [-0.05, 0) is 67.0 Å². The molecule has 140 valence electrons. The summed E-state index contributed by atoms with van der Waals surface area (Å²) in [4.78, 5) is 0. The van der Waals surface area contributed by atoms with Crippen LogP contribution in [0.2, 0.25) is 0 Å². The van der Waals surface area contributed by atoms with E-state index < -0.39 is 23.3 Å². The van der Waals surface area contributed by atoms with E-state index in [0.29, 0.717) is 17.9 Å². The van der Waals surface area contributed by atoms with E-state index in [1.165, 1.54) is 44.7 Å². The van der Waals surface area contributed by atoms with Crippen molar-refractivity contribution in [2.75, 3.05) is 0 Å². The number of rotatable bonds is 4. The molecule has 26 heavy (non-hydrogen) atoms. The van der Waals surface area contributed by atoms with E-state index in [1.54, 1.807) is 0 Å². The molecular weight excluding hydrogens is 340 g/mol. The largest absolute Gasteiger partial charge is 0.207 e. The Labute approximate surface area is 152 Å². The van der Waals surface area contributed by atoms with Crippen LogP contribution in [0.4, 0.5) is 17.6 Å². The van der Waals surface area contributed by atoms with Crippen LogP contribution in [0.3, 0.4) is 0 Å². The van der Waals surface area contributed by atoms with Gasteiger partial charge in [0.15, 0.2) is 0 Å². The molecule has 0 spiro atoms. The average Bonchev–Trinajstić information content (AvgIpc) is 2.58. The lowest BCUT2D eigenvalue weighted by Crippen LogP contribution is -2.13. The van der Waals surface area contributed by atoms with Crippen LogP contribution < -0.4 is 0 Å². The van der Waals surface area contributed by atoms with E-state index in [2.05, 4.69) is 6.92 Å². The van der Waals surface area contributed by atoms with Gasteiger partial charge >= 0.3 is 0 Å². The summed E-state index contributed by atoms with van der Waals surface area (Å²) >= 11 is 0. The molecule has 0 amide bonds. The maximum atomic E-state index is 14.5. The first kappa shape index (κ1) is 18.9. The number of hydrogen-bond acceptors (Lipinski definition) is 0. The molecule has 1 aliphatic carbocycles. The lowest BCUT2D eigenvalue weighted by atomic mass is 9.80. The summed E-state index contributed by atoms with van der Waals surface area (Å²) in [5.41, 5.74) is -0.0603. The van der Waals surface area contributed by atoms with Crippen LogP contribution in [0.5, 0.6) is 0 Å². The fourth-order valence-electron chi connectivity index (χ4n) is 3.82. The predicted molar refractivity (Wildman–Crippen MR) is 95.9 cm³/mol. The van der Waals surface area contributed by atoms with Gasteiger partial charge in [-0.3, -0.25) is 0 Å². The first-order chi connectivity index (χ1) is 12.3. The van der Waals surface area contributed by atoms with Crippen LogP contribution in [0, 0.1) is 42.0 Å². The highest BCUT2D eigenvalue weighted by molar-refractivity contribution is 5.66. The molecule has 0 bridgehead atoms. The molecule has 0 atom stereocenters. The Kier molecular flexibility index (Phi) is 5.69. The zero-order valence-electron chi connectivity index (χ0n) is 15.2. The standard InChI is InChI=1S/C22H24F4/c1-13-3-5-15(6-4-13)7-8-16-9-20(25)22(21(26)10-16)17-11-18(23)14(2)19(24)12-17/h9-13,15H,3-8H2,1-2H3. The van der Waals surface area contributed by atoms with Crippen molar-refractivity contribution in [1.82, 2.24) is 0 Å². The van der Waals surface area contributed by atoms with E-state index in [1.807, 2.05) is 0 Å². The lowest BCUT2D eigenvalue weighted by Gasteiger charge is -2.26. The van der Waals surface area contributed by atoms with E-state index in [0.717, 1.165) is 24.5 Å². The molecule has 0 unspecified atom stereocenters. The third-order valence-electron chi connectivity index (χ3n) is 5.65. The number of halogens is 4. The van der Waals surface area contributed by atoms with Crippen molar-refractivity contribution in [2.24, 2.45) is 11.8 Å². The first-order valence-corrected chi connectivity index (χ1v) is 9.29. The number of benzene rings is 2. The van der Waals surface area contributed by atoms with Gasteiger partial charge in [0.25, 0.3) is 0 Å². The molecule has 0 aliphatic heterocycles. The van der Waals surface area contributed by atoms with Gasteiger partial charge in [0, 0.05) is 5.56 Å². The normalized spacial score (nSPS) is 20.4. The SMILES string of the molecule is Cc1c(F)cc(-c2c(F)cc(CCC3CCC(C)CC3)cc2F)cc1F. The van der Waals surface area contributed by atoms with Gasteiger partial charge in [-0.2, -0.15) is 0 Å². The predicted octanol–water partition coefficient (Wildman–Crippen LogP) is 6.98. The second kappa shape index (κ2) is 7.81. The van der Waals surface area contributed by atoms with Crippen LogP contribution in [-0.4, -0.2) is 0 Å². The van der Waals surface area contributed by atoms with Crippen molar-refractivity contribution in [3.05, 3.63) is 58.7 Å².